The molecular formula is C24H68O6Si10. The van der Waals surface area contributed by atoms with Crippen LogP contribution in [0.2, 0.25) is 139 Å². The molecule has 0 amide bonds. The summed E-state index contributed by atoms with van der Waals surface area (Å²) in [6.45, 7) is 42.2. The predicted molar refractivity (Wildman–Crippen MR) is 202 cm³/mol. The Balaban J connectivity index is 0.000000433. The highest BCUT2D eigenvalue weighted by Gasteiger charge is 2.60. The first-order chi connectivity index (χ1) is 17.8. The third-order valence-electron chi connectivity index (χ3n) is 8.66. The summed E-state index contributed by atoms with van der Waals surface area (Å²) in [5.74, 6) is 0. The maximum Gasteiger partial charge on any atom is 0.317 e. The largest absolute Gasteiger partial charge is 0.416 e. The van der Waals surface area contributed by atoms with Crippen LogP contribution < -0.4 is 0 Å². The average Bonchev–Trinajstić information content (AvgIpc) is 2.72. The van der Waals surface area contributed by atoms with Gasteiger partial charge in [0.25, 0.3) is 0 Å². The Labute approximate surface area is 262 Å². The van der Waals surface area contributed by atoms with Crippen LogP contribution in [0, 0.1) is 0 Å². The van der Waals surface area contributed by atoms with Crippen LogP contribution in [0.1, 0.15) is 13.8 Å². The molecule has 0 aromatic heterocycles. The molecule has 2 aliphatic heterocycles. The molecule has 0 radical (unpaired) electrons. The minimum atomic E-state index is -2.16. The summed E-state index contributed by atoms with van der Waals surface area (Å²) in [5, 5.41) is 1.30. The lowest BCUT2D eigenvalue weighted by atomic mass is 10.9. The van der Waals surface area contributed by atoms with E-state index in [1.54, 1.807) is 0 Å². The molecule has 0 spiro atoms. The molecule has 4 atom stereocenters. The van der Waals surface area contributed by atoms with E-state index >= 15 is 0 Å². The molecule has 0 aromatic rings. The van der Waals surface area contributed by atoms with Crippen molar-refractivity contribution >= 4 is 86.6 Å². The zero-order chi connectivity index (χ0) is 31.5. The molecule has 2 heterocycles. The van der Waals surface area contributed by atoms with Crippen molar-refractivity contribution < 1.29 is 24.7 Å². The van der Waals surface area contributed by atoms with Crippen LogP contribution >= 0.6 is 0 Å². The van der Waals surface area contributed by atoms with Crippen LogP contribution in [0.15, 0.2) is 0 Å². The van der Waals surface area contributed by atoms with Gasteiger partial charge in [-0.1, -0.05) is 78.3 Å². The van der Waals surface area contributed by atoms with Gasteiger partial charge in [0, 0.05) is 35.2 Å². The van der Waals surface area contributed by atoms with E-state index in [-0.39, 0.29) is 0 Å². The Morgan fingerprint density at radius 2 is 0.750 bits per heavy atom. The van der Waals surface area contributed by atoms with E-state index in [0.29, 0.717) is 10.3 Å². The van der Waals surface area contributed by atoms with Gasteiger partial charge >= 0.3 is 51.4 Å². The Hall–Kier alpha value is 1.93. The quantitative estimate of drug-likeness (QED) is 0.216. The predicted octanol–water partition coefficient (Wildman–Crippen LogP) is 7.60. The Morgan fingerprint density at radius 3 is 1.02 bits per heavy atom. The maximum absolute atomic E-state index is 6.96. The van der Waals surface area contributed by atoms with Crippen molar-refractivity contribution in [2.75, 3.05) is 0 Å². The Kier molecular flexibility index (Phi) is 15.0. The molecule has 0 N–H and O–H groups in total. The van der Waals surface area contributed by atoms with Gasteiger partial charge in [-0.25, -0.2) is 0 Å². The first kappa shape index (κ1) is 40.0. The molecule has 0 aliphatic carbocycles. The van der Waals surface area contributed by atoms with Crippen LogP contribution in [-0.2, 0) is 24.7 Å². The molecule has 2 aliphatic rings. The molecular weight excluding hydrogens is 665 g/mol. The van der Waals surface area contributed by atoms with Crippen LogP contribution in [0.4, 0.5) is 0 Å². The van der Waals surface area contributed by atoms with Crippen molar-refractivity contribution in [2.45, 2.75) is 153 Å². The first-order valence-corrected chi connectivity index (χ1v) is 43.7. The van der Waals surface area contributed by atoms with E-state index < -0.39 is 86.6 Å². The number of rotatable bonds is 10. The van der Waals surface area contributed by atoms with Crippen molar-refractivity contribution in [3.8, 4) is 0 Å². The SMILES string of the molecule is CC([SiH](C)C)[Si]1(C)O[Si](C)(CC[SiH](C)C)O[Si](C)(C(C)[SiH](C)C)O1.C[SiH](C)CC[Si]1(C)O[Si](C)(C)O[Si](C)(C)O1. The molecule has 0 saturated carbocycles. The van der Waals surface area contributed by atoms with Crippen LogP contribution in [0.3, 0.4) is 0 Å². The fourth-order valence-corrected chi connectivity index (χ4v) is 57.8. The summed E-state index contributed by atoms with van der Waals surface area (Å²) in [4.78, 5) is 0. The molecule has 40 heavy (non-hydrogen) atoms. The zero-order valence-corrected chi connectivity index (χ0v) is 40.4. The highest BCUT2D eigenvalue weighted by atomic mass is 28.5. The van der Waals surface area contributed by atoms with Gasteiger partial charge in [-0.3, -0.25) is 0 Å². The Bertz CT molecular complexity index is 758. The molecule has 240 valence electrons. The van der Waals surface area contributed by atoms with Crippen molar-refractivity contribution in [1.29, 1.82) is 0 Å². The van der Waals surface area contributed by atoms with Gasteiger partial charge in [0.15, 0.2) is 0 Å². The van der Waals surface area contributed by atoms with E-state index in [2.05, 4.69) is 119 Å². The molecule has 0 aromatic carbocycles. The summed E-state index contributed by atoms with van der Waals surface area (Å²) >= 11 is 0. The maximum atomic E-state index is 6.96. The second-order valence-corrected chi connectivity index (χ2v) is 52.6. The molecule has 6 nitrogen and oxygen atoms in total. The fraction of sp³-hybridized carbons (Fsp3) is 1.00. The van der Waals surface area contributed by atoms with Crippen LogP contribution in [0.25, 0.3) is 0 Å². The van der Waals surface area contributed by atoms with Crippen molar-refractivity contribution in [1.82, 2.24) is 0 Å². The third-order valence-corrected chi connectivity index (χ3v) is 51.3. The summed E-state index contributed by atoms with van der Waals surface area (Å²) < 4.78 is 39.3. The fourth-order valence-electron chi connectivity index (χ4n) is 5.91. The van der Waals surface area contributed by atoms with Gasteiger partial charge in [0.2, 0.25) is 0 Å². The van der Waals surface area contributed by atoms with Crippen molar-refractivity contribution in [2.24, 2.45) is 0 Å². The molecule has 0 bridgehead atoms. The summed E-state index contributed by atoms with van der Waals surface area (Å²) in [6, 6.07) is 5.02. The lowest BCUT2D eigenvalue weighted by molar-refractivity contribution is 0.219. The van der Waals surface area contributed by atoms with Gasteiger partial charge in [-0.2, -0.15) is 0 Å². The number of hydrogen-bond donors (Lipinski definition) is 0. The number of hydrogen-bond acceptors (Lipinski definition) is 6. The second-order valence-electron chi connectivity index (χ2n) is 15.6. The summed E-state index contributed by atoms with van der Waals surface area (Å²) in [6.07, 6.45) is 0. The lowest BCUT2D eigenvalue weighted by Crippen LogP contribution is -2.71. The summed E-state index contributed by atoms with van der Waals surface area (Å²) in [7, 11) is -14.9. The standard InChI is InChI=1S/C15H42O3Si6.C9H26O3Si4/c1-14(20(5)6)23(10)16-22(9,13-12-19(3)4)17-24(11,18-23)15(2)21(7)8;1-13(2)8-9-16(7)11-14(3,4)10-15(5,6)12-16/h14-15,19-21H,12-13H2,1-11H3;13H,8-9H2,1-7H3. The lowest BCUT2D eigenvalue weighted by Gasteiger charge is -2.55. The third kappa shape index (κ3) is 12.4. The van der Waals surface area contributed by atoms with Crippen molar-refractivity contribution in [3.63, 3.8) is 0 Å². The molecule has 2 saturated heterocycles. The normalized spacial score (nSPS) is 33.1. The molecule has 2 rings (SSSR count). The topological polar surface area (TPSA) is 55.4 Å². The van der Waals surface area contributed by atoms with E-state index in [4.69, 9.17) is 24.7 Å². The highest BCUT2D eigenvalue weighted by molar-refractivity contribution is 7.00. The van der Waals surface area contributed by atoms with Gasteiger partial charge in [0.05, 0.1) is 0 Å². The van der Waals surface area contributed by atoms with Gasteiger partial charge in [0.1, 0.15) is 0 Å². The average molecular weight is 734 g/mol. The van der Waals surface area contributed by atoms with Crippen LogP contribution in [0.5, 0.6) is 0 Å². The van der Waals surface area contributed by atoms with E-state index in [1.807, 2.05) is 0 Å². The van der Waals surface area contributed by atoms with Crippen molar-refractivity contribution in [3.05, 3.63) is 0 Å². The molecule has 4 unspecified atom stereocenters. The van der Waals surface area contributed by atoms with E-state index in [9.17, 15) is 0 Å². The van der Waals surface area contributed by atoms with Gasteiger partial charge < -0.3 is 24.7 Å². The highest BCUT2D eigenvalue weighted by Crippen LogP contribution is 2.44. The first-order valence-electron chi connectivity index (χ1n) is 16.0. The van der Waals surface area contributed by atoms with Gasteiger partial charge in [-0.15, -0.1) is 0 Å². The molecule has 16 heteroatoms. The second kappa shape index (κ2) is 15.0. The smallest absolute Gasteiger partial charge is 0.317 e. The molecule has 2 fully saturated rings. The minimum absolute atomic E-state index is 0.506. The van der Waals surface area contributed by atoms with Gasteiger partial charge in [-0.05, 0) is 74.8 Å². The zero-order valence-electron chi connectivity index (χ0n) is 29.7. The van der Waals surface area contributed by atoms with E-state index in [0.717, 1.165) is 6.04 Å². The summed E-state index contributed by atoms with van der Waals surface area (Å²) in [5.41, 5.74) is 0. The van der Waals surface area contributed by atoms with Crippen LogP contribution in [-0.4, -0.2) is 86.6 Å². The van der Waals surface area contributed by atoms with E-state index in [1.165, 1.54) is 18.1 Å². The Morgan fingerprint density at radius 1 is 0.450 bits per heavy atom. The monoisotopic (exact) mass is 732 g/mol. The minimum Gasteiger partial charge on any atom is -0.416 e.